The van der Waals surface area contributed by atoms with Crippen LogP contribution in [0.2, 0.25) is 0 Å². The van der Waals surface area contributed by atoms with Crippen molar-refractivity contribution in [3.8, 4) is 0 Å². The van der Waals surface area contributed by atoms with Gasteiger partial charge in [-0.2, -0.15) is 5.10 Å². The van der Waals surface area contributed by atoms with Crippen molar-refractivity contribution in [2.24, 2.45) is 5.92 Å². The number of amides is 1. The van der Waals surface area contributed by atoms with Crippen molar-refractivity contribution in [1.82, 2.24) is 25.3 Å². The lowest BCUT2D eigenvalue weighted by Crippen LogP contribution is -2.41. The molecule has 0 saturated carbocycles. The molecule has 0 unspecified atom stereocenters. The Balaban J connectivity index is 1.38. The van der Waals surface area contributed by atoms with Crippen molar-refractivity contribution >= 4 is 16.8 Å². The summed E-state index contributed by atoms with van der Waals surface area (Å²) in [6.45, 7) is 10.1. The molecule has 7 nitrogen and oxygen atoms in total. The van der Waals surface area contributed by atoms with Crippen LogP contribution >= 0.6 is 0 Å². The number of carbonyl (C=O) groups excluding carboxylic acids is 1. The third-order valence-electron chi connectivity index (χ3n) is 5.86. The molecule has 2 saturated heterocycles. The van der Waals surface area contributed by atoms with E-state index in [0.717, 1.165) is 74.5 Å². The highest BCUT2D eigenvalue weighted by Gasteiger charge is 2.16. The predicted molar refractivity (Wildman–Crippen MR) is 110 cm³/mol. The number of aromatic nitrogens is 2. The summed E-state index contributed by atoms with van der Waals surface area (Å²) >= 11 is 0. The van der Waals surface area contributed by atoms with Gasteiger partial charge in [0.05, 0.1) is 18.7 Å². The Morgan fingerprint density at radius 2 is 2.07 bits per heavy atom. The summed E-state index contributed by atoms with van der Waals surface area (Å²) in [6.07, 6.45) is 4.49. The molecule has 0 atom stereocenters. The normalized spacial score (nSPS) is 19.2. The minimum atomic E-state index is -0.00114. The molecule has 1 aromatic heterocycles. The van der Waals surface area contributed by atoms with Crippen LogP contribution in [0, 0.1) is 12.8 Å². The van der Waals surface area contributed by atoms with Crippen molar-refractivity contribution in [1.29, 1.82) is 0 Å². The van der Waals surface area contributed by atoms with E-state index in [1.54, 1.807) is 0 Å². The fourth-order valence-electron chi connectivity index (χ4n) is 4.14. The summed E-state index contributed by atoms with van der Waals surface area (Å²) in [7, 11) is 0. The maximum atomic E-state index is 12.7. The summed E-state index contributed by atoms with van der Waals surface area (Å²) in [5, 5.41) is 12.3. The Morgan fingerprint density at radius 1 is 1.29 bits per heavy atom. The van der Waals surface area contributed by atoms with Crippen LogP contribution in [0.15, 0.2) is 18.3 Å². The van der Waals surface area contributed by atoms with E-state index in [4.69, 9.17) is 9.84 Å². The van der Waals surface area contributed by atoms with Crippen molar-refractivity contribution in [2.75, 3.05) is 52.5 Å². The van der Waals surface area contributed by atoms with Crippen molar-refractivity contribution in [2.45, 2.75) is 26.3 Å². The molecule has 2 aliphatic rings. The molecule has 152 valence electrons. The second-order valence-electron chi connectivity index (χ2n) is 7.98. The van der Waals surface area contributed by atoms with Gasteiger partial charge in [-0.25, -0.2) is 0 Å². The van der Waals surface area contributed by atoms with Gasteiger partial charge in [0.2, 0.25) is 0 Å². The van der Waals surface area contributed by atoms with Crippen LogP contribution in [-0.4, -0.2) is 73.1 Å². The van der Waals surface area contributed by atoms with Gasteiger partial charge in [0.1, 0.15) is 0 Å². The molecule has 2 aliphatic heterocycles. The fourth-order valence-corrected chi connectivity index (χ4v) is 4.14. The number of rotatable bonds is 6. The summed E-state index contributed by atoms with van der Waals surface area (Å²) in [5.74, 6) is 0.679. The van der Waals surface area contributed by atoms with E-state index in [-0.39, 0.29) is 5.91 Å². The monoisotopic (exact) mass is 385 g/mol. The Bertz CT molecular complexity index is 806. The number of aryl methyl sites for hydroxylation is 1. The second-order valence-corrected chi connectivity index (χ2v) is 7.98. The van der Waals surface area contributed by atoms with Gasteiger partial charge in [-0.15, -0.1) is 0 Å². The first kappa shape index (κ1) is 19.4. The Labute approximate surface area is 166 Å². The summed E-state index contributed by atoms with van der Waals surface area (Å²) < 4.78 is 7.42. The number of nitrogens with one attached hydrogen (secondary N) is 2. The molecular weight excluding hydrogens is 354 g/mol. The second kappa shape index (κ2) is 9.03. The first-order valence-corrected chi connectivity index (χ1v) is 10.5. The lowest BCUT2D eigenvalue weighted by molar-refractivity contribution is 0.0383. The highest BCUT2D eigenvalue weighted by molar-refractivity contribution is 5.99. The van der Waals surface area contributed by atoms with Crippen LogP contribution < -0.4 is 10.6 Å². The van der Waals surface area contributed by atoms with E-state index in [1.165, 1.54) is 12.8 Å². The number of morpholine rings is 1. The molecule has 4 rings (SSSR count). The summed E-state index contributed by atoms with van der Waals surface area (Å²) in [4.78, 5) is 15.0. The Morgan fingerprint density at radius 3 is 2.86 bits per heavy atom. The molecule has 2 aromatic rings. The number of ether oxygens (including phenoxy) is 1. The van der Waals surface area contributed by atoms with Crippen LogP contribution in [0.5, 0.6) is 0 Å². The molecule has 7 heteroatoms. The van der Waals surface area contributed by atoms with Crippen molar-refractivity contribution in [3.63, 3.8) is 0 Å². The molecule has 28 heavy (non-hydrogen) atoms. The first-order valence-electron chi connectivity index (χ1n) is 10.5. The highest BCUT2D eigenvalue weighted by atomic mass is 16.5. The zero-order valence-corrected chi connectivity index (χ0v) is 16.7. The quantitative estimate of drug-likeness (QED) is 0.787. The maximum absolute atomic E-state index is 12.7. The molecule has 0 radical (unpaired) electrons. The number of benzene rings is 1. The van der Waals surface area contributed by atoms with E-state index >= 15 is 0 Å². The first-order chi connectivity index (χ1) is 13.7. The SMILES string of the molecule is Cc1cc2nn(CC3CCNCC3)cc2cc1C(=O)NCCN1CCOCC1. The molecule has 2 N–H and O–H groups in total. The third kappa shape index (κ3) is 4.71. The molecule has 0 spiro atoms. The smallest absolute Gasteiger partial charge is 0.251 e. The van der Waals surface area contributed by atoms with E-state index in [1.807, 2.05) is 19.1 Å². The molecule has 1 aromatic carbocycles. The van der Waals surface area contributed by atoms with E-state index in [9.17, 15) is 4.79 Å². The minimum absolute atomic E-state index is 0.00114. The minimum Gasteiger partial charge on any atom is -0.379 e. The number of hydrogen-bond donors (Lipinski definition) is 2. The Kier molecular flexibility index (Phi) is 6.24. The van der Waals surface area contributed by atoms with Gasteiger partial charge < -0.3 is 15.4 Å². The van der Waals surface area contributed by atoms with Crippen molar-refractivity contribution < 1.29 is 9.53 Å². The van der Waals surface area contributed by atoms with Gasteiger partial charge in [0, 0.05) is 49.9 Å². The lowest BCUT2D eigenvalue weighted by Gasteiger charge is -2.26. The molecule has 0 bridgehead atoms. The van der Waals surface area contributed by atoms with Crippen LogP contribution in [0.1, 0.15) is 28.8 Å². The molecule has 1 amide bonds. The zero-order chi connectivity index (χ0) is 19.3. The predicted octanol–water partition coefficient (Wildman–Crippen LogP) is 1.41. The van der Waals surface area contributed by atoms with Crippen LogP contribution in [0.3, 0.4) is 0 Å². The van der Waals surface area contributed by atoms with Gasteiger partial charge >= 0.3 is 0 Å². The number of hydrogen-bond acceptors (Lipinski definition) is 5. The zero-order valence-electron chi connectivity index (χ0n) is 16.7. The van der Waals surface area contributed by atoms with Gasteiger partial charge in [-0.05, 0) is 56.5 Å². The molecule has 2 fully saturated rings. The topological polar surface area (TPSA) is 71.4 Å². The van der Waals surface area contributed by atoms with Gasteiger partial charge in [0.15, 0.2) is 0 Å². The highest BCUT2D eigenvalue weighted by Crippen LogP contribution is 2.21. The molecule has 0 aliphatic carbocycles. The number of carbonyl (C=O) groups is 1. The largest absolute Gasteiger partial charge is 0.379 e. The third-order valence-corrected chi connectivity index (χ3v) is 5.86. The average molecular weight is 386 g/mol. The summed E-state index contributed by atoms with van der Waals surface area (Å²) in [6, 6.07) is 4.02. The fraction of sp³-hybridized carbons (Fsp3) is 0.619. The number of piperidine rings is 1. The maximum Gasteiger partial charge on any atom is 0.251 e. The number of nitrogens with zero attached hydrogens (tertiary/aromatic N) is 3. The Hall–Kier alpha value is -1.96. The van der Waals surface area contributed by atoms with Gasteiger partial charge in [0.25, 0.3) is 5.91 Å². The van der Waals surface area contributed by atoms with Crippen LogP contribution in [0.4, 0.5) is 0 Å². The lowest BCUT2D eigenvalue weighted by atomic mass is 9.98. The van der Waals surface area contributed by atoms with Crippen molar-refractivity contribution in [3.05, 3.63) is 29.5 Å². The van der Waals surface area contributed by atoms with E-state index in [2.05, 4.69) is 26.4 Å². The van der Waals surface area contributed by atoms with Gasteiger partial charge in [-0.1, -0.05) is 0 Å². The van der Waals surface area contributed by atoms with Crippen LogP contribution in [0.25, 0.3) is 10.9 Å². The number of fused-ring (bicyclic) bond motifs is 1. The van der Waals surface area contributed by atoms with Gasteiger partial charge in [-0.3, -0.25) is 14.4 Å². The van der Waals surface area contributed by atoms with Crippen LogP contribution in [-0.2, 0) is 11.3 Å². The molecular formula is C21H31N5O2. The average Bonchev–Trinajstić information content (AvgIpc) is 3.09. The van der Waals surface area contributed by atoms with E-state index < -0.39 is 0 Å². The van der Waals surface area contributed by atoms with E-state index in [0.29, 0.717) is 12.5 Å². The standard InChI is InChI=1S/C21H31N5O2/c1-16-12-20-18(15-26(24-20)14-17-2-4-22-5-3-17)13-19(16)21(27)23-6-7-25-8-10-28-11-9-25/h12-13,15,17,22H,2-11,14H2,1H3,(H,23,27). The molecule has 3 heterocycles. The summed E-state index contributed by atoms with van der Waals surface area (Å²) in [5.41, 5.74) is 2.69.